The van der Waals surface area contributed by atoms with E-state index in [-0.39, 0.29) is 5.78 Å². The number of nitrogens with two attached hydrogens (primary N) is 1. The van der Waals surface area contributed by atoms with Crippen molar-refractivity contribution in [1.29, 1.82) is 0 Å². The number of thiophene rings is 1. The Morgan fingerprint density at radius 3 is 2.33 bits per heavy atom. The SMILES string of the molecule is Nc1ccc(C(=O)c2ccc(Cl)cc2)s1. The Kier molecular flexibility index (Phi) is 2.75. The molecule has 0 saturated carbocycles. The molecule has 0 spiro atoms. The topological polar surface area (TPSA) is 43.1 Å². The van der Waals surface area contributed by atoms with Crippen LogP contribution < -0.4 is 5.73 Å². The van der Waals surface area contributed by atoms with Gasteiger partial charge < -0.3 is 5.73 Å². The van der Waals surface area contributed by atoms with Crippen molar-refractivity contribution in [1.82, 2.24) is 0 Å². The summed E-state index contributed by atoms with van der Waals surface area (Å²) in [4.78, 5) is 12.5. The maximum Gasteiger partial charge on any atom is 0.203 e. The fourth-order valence-corrected chi connectivity index (χ4v) is 2.08. The van der Waals surface area contributed by atoms with E-state index in [0.29, 0.717) is 20.5 Å². The van der Waals surface area contributed by atoms with E-state index in [4.69, 9.17) is 17.3 Å². The predicted molar refractivity (Wildman–Crippen MR) is 63.6 cm³/mol. The van der Waals surface area contributed by atoms with Gasteiger partial charge in [-0.25, -0.2) is 0 Å². The van der Waals surface area contributed by atoms with Gasteiger partial charge in [0, 0.05) is 10.6 Å². The molecule has 1 aromatic heterocycles. The minimum Gasteiger partial charge on any atom is -0.391 e. The lowest BCUT2D eigenvalue weighted by Crippen LogP contribution is -1.97. The monoisotopic (exact) mass is 237 g/mol. The van der Waals surface area contributed by atoms with Gasteiger partial charge in [-0.3, -0.25) is 4.79 Å². The molecule has 4 heteroatoms. The van der Waals surface area contributed by atoms with Crippen LogP contribution in [-0.4, -0.2) is 5.78 Å². The Bertz CT molecular complexity index is 490. The highest BCUT2D eigenvalue weighted by Gasteiger charge is 2.10. The van der Waals surface area contributed by atoms with E-state index in [1.54, 1.807) is 36.4 Å². The zero-order valence-electron chi connectivity index (χ0n) is 7.74. The molecule has 0 atom stereocenters. The van der Waals surface area contributed by atoms with Gasteiger partial charge in [0.1, 0.15) is 0 Å². The van der Waals surface area contributed by atoms with Crippen molar-refractivity contribution in [3.8, 4) is 0 Å². The second-order valence-electron chi connectivity index (χ2n) is 3.04. The normalized spacial score (nSPS) is 10.2. The van der Waals surface area contributed by atoms with Crippen LogP contribution in [0.3, 0.4) is 0 Å². The minimum absolute atomic E-state index is 0.0200. The number of anilines is 1. The highest BCUT2D eigenvalue weighted by Crippen LogP contribution is 2.22. The number of hydrogen-bond acceptors (Lipinski definition) is 3. The third-order valence-corrected chi connectivity index (χ3v) is 3.12. The number of carbonyl (C=O) groups is 1. The molecule has 0 fully saturated rings. The Morgan fingerprint density at radius 1 is 1.13 bits per heavy atom. The number of halogens is 1. The second kappa shape index (κ2) is 4.04. The van der Waals surface area contributed by atoms with Crippen LogP contribution in [-0.2, 0) is 0 Å². The third kappa shape index (κ3) is 2.19. The van der Waals surface area contributed by atoms with Crippen LogP contribution in [0.25, 0.3) is 0 Å². The summed E-state index contributed by atoms with van der Waals surface area (Å²) in [7, 11) is 0. The zero-order chi connectivity index (χ0) is 10.8. The largest absolute Gasteiger partial charge is 0.391 e. The van der Waals surface area contributed by atoms with Crippen LogP contribution in [0.1, 0.15) is 15.2 Å². The van der Waals surface area contributed by atoms with Gasteiger partial charge in [-0.15, -0.1) is 11.3 Å². The molecule has 15 heavy (non-hydrogen) atoms. The molecule has 1 aromatic carbocycles. The molecule has 0 radical (unpaired) electrons. The molecule has 0 saturated heterocycles. The van der Waals surface area contributed by atoms with Gasteiger partial charge in [-0.2, -0.15) is 0 Å². The molecule has 0 bridgehead atoms. The van der Waals surface area contributed by atoms with E-state index in [1.165, 1.54) is 11.3 Å². The molecule has 2 N–H and O–H groups in total. The van der Waals surface area contributed by atoms with Crippen molar-refractivity contribution < 1.29 is 4.79 Å². The first kappa shape index (κ1) is 10.2. The number of carbonyl (C=O) groups excluding carboxylic acids is 1. The smallest absolute Gasteiger partial charge is 0.203 e. The average Bonchev–Trinajstić information content (AvgIpc) is 2.65. The standard InChI is InChI=1S/C11H8ClNOS/c12-8-3-1-7(2-4-8)11(14)9-5-6-10(13)15-9/h1-6H,13H2. The molecular weight excluding hydrogens is 230 g/mol. The lowest BCUT2D eigenvalue weighted by molar-refractivity contribution is 0.104. The van der Waals surface area contributed by atoms with E-state index in [9.17, 15) is 4.79 Å². The van der Waals surface area contributed by atoms with Crippen LogP contribution in [0.4, 0.5) is 5.00 Å². The van der Waals surface area contributed by atoms with Gasteiger partial charge in [0.25, 0.3) is 0 Å². The predicted octanol–water partition coefficient (Wildman–Crippen LogP) is 3.21. The molecule has 0 unspecified atom stereocenters. The van der Waals surface area contributed by atoms with Crippen LogP contribution in [0.15, 0.2) is 36.4 Å². The summed E-state index contributed by atoms with van der Waals surface area (Å²) >= 11 is 7.03. The molecular formula is C11H8ClNOS. The van der Waals surface area contributed by atoms with E-state index < -0.39 is 0 Å². The van der Waals surface area contributed by atoms with E-state index >= 15 is 0 Å². The molecule has 2 rings (SSSR count). The molecule has 0 aliphatic heterocycles. The molecule has 1 heterocycles. The third-order valence-electron chi connectivity index (χ3n) is 1.96. The van der Waals surface area contributed by atoms with E-state index in [2.05, 4.69) is 0 Å². The van der Waals surface area contributed by atoms with E-state index in [0.717, 1.165) is 0 Å². The summed E-state index contributed by atoms with van der Waals surface area (Å²) in [6.45, 7) is 0. The highest BCUT2D eigenvalue weighted by atomic mass is 35.5. The number of benzene rings is 1. The first-order chi connectivity index (χ1) is 7.16. The zero-order valence-corrected chi connectivity index (χ0v) is 9.31. The molecule has 2 nitrogen and oxygen atoms in total. The van der Waals surface area contributed by atoms with Gasteiger partial charge in [-0.1, -0.05) is 11.6 Å². The summed E-state index contributed by atoms with van der Waals surface area (Å²) in [5.74, 6) is -0.0200. The Balaban J connectivity index is 2.32. The first-order valence-electron chi connectivity index (χ1n) is 4.32. The van der Waals surface area contributed by atoms with Crippen molar-refractivity contribution in [2.75, 3.05) is 5.73 Å². The molecule has 2 aromatic rings. The van der Waals surface area contributed by atoms with Crippen LogP contribution in [0, 0.1) is 0 Å². The number of hydrogen-bond donors (Lipinski definition) is 1. The van der Waals surface area contributed by atoms with Crippen molar-refractivity contribution in [2.24, 2.45) is 0 Å². The summed E-state index contributed by atoms with van der Waals surface area (Å²) in [5, 5.41) is 1.27. The van der Waals surface area contributed by atoms with E-state index in [1.807, 2.05) is 0 Å². The second-order valence-corrected chi connectivity index (χ2v) is 4.59. The lowest BCUT2D eigenvalue weighted by atomic mass is 10.1. The number of ketones is 1. The first-order valence-corrected chi connectivity index (χ1v) is 5.52. The van der Waals surface area contributed by atoms with Crippen LogP contribution in [0.2, 0.25) is 5.02 Å². The van der Waals surface area contributed by atoms with Crippen LogP contribution >= 0.6 is 22.9 Å². The maximum atomic E-state index is 11.9. The van der Waals surface area contributed by atoms with Crippen molar-refractivity contribution in [3.05, 3.63) is 51.9 Å². The quantitative estimate of drug-likeness (QED) is 0.815. The van der Waals surface area contributed by atoms with Crippen molar-refractivity contribution in [3.63, 3.8) is 0 Å². The van der Waals surface area contributed by atoms with Gasteiger partial charge in [0.05, 0.1) is 9.88 Å². The van der Waals surface area contributed by atoms with Gasteiger partial charge in [0.15, 0.2) is 0 Å². The fourth-order valence-electron chi connectivity index (χ4n) is 1.22. The Morgan fingerprint density at radius 2 is 1.80 bits per heavy atom. The Hall–Kier alpha value is -1.32. The molecule has 0 amide bonds. The van der Waals surface area contributed by atoms with Crippen LogP contribution in [0.5, 0.6) is 0 Å². The van der Waals surface area contributed by atoms with Crippen molar-refractivity contribution in [2.45, 2.75) is 0 Å². The number of nitrogen functional groups attached to an aromatic ring is 1. The fraction of sp³-hybridized carbons (Fsp3) is 0. The summed E-state index contributed by atoms with van der Waals surface area (Å²) in [6, 6.07) is 10.3. The maximum absolute atomic E-state index is 11.9. The van der Waals surface area contributed by atoms with Crippen molar-refractivity contribution >= 4 is 33.7 Å². The summed E-state index contributed by atoms with van der Waals surface area (Å²) in [5.41, 5.74) is 6.19. The minimum atomic E-state index is -0.0200. The van der Waals surface area contributed by atoms with Gasteiger partial charge in [-0.05, 0) is 36.4 Å². The van der Waals surface area contributed by atoms with Gasteiger partial charge in [0.2, 0.25) is 5.78 Å². The molecule has 0 aliphatic carbocycles. The lowest BCUT2D eigenvalue weighted by Gasteiger charge is -1.97. The molecule has 76 valence electrons. The summed E-state index contributed by atoms with van der Waals surface area (Å²) in [6.07, 6.45) is 0. The van der Waals surface area contributed by atoms with Gasteiger partial charge >= 0.3 is 0 Å². The average molecular weight is 238 g/mol. The Labute approximate surface area is 96.3 Å². The molecule has 0 aliphatic rings. The number of rotatable bonds is 2. The highest BCUT2D eigenvalue weighted by molar-refractivity contribution is 7.17. The summed E-state index contributed by atoms with van der Waals surface area (Å²) < 4.78 is 0.